The highest BCUT2D eigenvalue weighted by Crippen LogP contribution is 2.10. The zero-order valence-corrected chi connectivity index (χ0v) is 10.2. The van der Waals surface area contributed by atoms with Gasteiger partial charge in [-0.15, -0.1) is 0 Å². The lowest BCUT2D eigenvalue weighted by atomic mass is 10.3. The van der Waals surface area contributed by atoms with E-state index in [1.165, 1.54) is 11.8 Å². The molecule has 19 heavy (non-hydrogen) atoms. The lowest BCUT2D eigenvalue weighted by Gasteiger charge is -2.11. The molecule has 0 bridgehead atoms. The van der Waals surface area contributed by atoms with Crippen LogP contribution in [0.2, 0.25) is 0 Å². The predicted molar refractivity (Wildman–Crippen MR) is 66.1 cm³/mol. The van der Waals surface area contributed by atoms with Crippen LogP contribution in [-0.2, 0) is 9.53 Å². The zero-order chi connectivity index (χ0) is 13.7. The molecule has 0 spiro atoms. The van der Waals surface area contributed by atoms with E-state index in [1.807, 2.05) is 30.3 Å². The van der Waals surface area contributed by atoms with Crippen LogP contribution in [0.3, 0.4) is 0 Å². The fourth-order valence-corrected chi connectivity index (χ4v) is 1.50. The molecular weight excluding hydrogens is 250 g/mol. The first kappa shape index (κ1) is 13.0. The number of rotatable bonds is 6. The molecule has 2 N–H and O–H groups in total. The molecule has 1 heterocycles. The van der Waals surface area contributed by atoms with E-state index in [0.717, 1.165) is 5.69 Å². The van der Waals surface area contributed by atoms with E-state index >= 15 is 0 Å². The maximum Gasteiger partial charge on any atom is 0.334 e. The van der Waals surface area contributed by atoms with Gasteiger partial charge < -0.3 is 15.2 Å². The standard InChI is InChI=1S/C11H13N5O3/c1-19-9(10(17)18)7-12-11-13-14-15-16(11)8-5-3-2-4-6-8/h2-6,9H,7H2,1H3,(H,17,18)(H,12,13,15). The topological polar surface area (TPSA) is 102 Å². The van der Waals surface area contributed by atoms with Crippen molar-refractivity contribution < 1.29 is 14.6 Å². The molecule has 0 fully saturated rings. The van der Waals surface area contributed by atoms with Crippen LogP contribution in [0.15, 0.2) is 30.3 Å². The summed E-state index contributed by atoms with van der Waals surface area (Å²) < 4.78 is 6.30. The lowest BCUT2D eigenvalue weighted by molar-refractivity contribution is -0.147. The summed E-state index contributed by atoms with van der Waals surface area (Å²) >= 11 is 0. The Bertz CT molecular complexity index is 542. The predicted octanol–water partition coefficient (Wildman–Crippen LogP) is 0.174. The fourth-order valence-electron chi connectivity index (χ4n) is 1.50. The molecule has 1 aromatic carbocycles. The number of aromatic nitrogens is 4. The number of carboxylic acid groups (broad SMARTS) is 1. The maximum absolute atomic E-state index is 10.8. The van der Waals surface area contributed by atoms with E-state index in [4.69, 9.17) is 9.84 Å². The van der Waals surface area contributed by atoms with Crippen molar-refractivity contribution in [2.75, 3.05) is 19.0 Å². The molecule has 8 nitrogen and oxygen atoms in total. The first-order valence-electron chi connectivity index (χ1n) is 5.55. The Morgan fingerprint density at radius 2 is 2.21 bits per heavy atom. The van der Waals surface area contributed by atoms with Crippen molar-refractivity contribution in [2.45, 2.75) is 6.10 Å². The van der Waals surface area contributed by atoms with Gasteiger partial charge in [0.1, 0.15) is 0 Å². The van der Waals surface area contributed by atoms with Crippen LogP contribution in [-0.4, -0.2) is 51.0 Å². The van der Waals surface area contributed by atoms with Gasteiger partial charge in [-0.2, -0.15) is 4.68 Å². The van der Waals surface area contributed by atoms with Gasteiger partial charge in [0.05, 0.1) is 12.2 Å². The minimum atomic E-state index is -1.05. The smallest absolute Gasteiger partial charge is 0.334 e. The third kappa shape index (κ3) is 3.05. The number of benzene rings is 1. The molecule has 1 unspecified atom stereocenters. The van der Waals surface area contributed by atoms with Crippen LogP contribution in [0.25, 0.3) is 5.69 Å². The van der Waals surface area contributed by atoms with Crippen molar-refractivity contribution in [2.24, 2.45) is 0 Å². The molecule has 2 aromatic rings. The highest BCUT2D eigenvalue weighted by molar-refractivity contribution is 5.73. The average Bonchev–Trinajstić information content (AvgIpc) is 2.88. The largest absolute Gasteiger partial charge is 0.479 e. The number of nitrogens with zero attached hydrogens (tertiary/aromatic N) is 4. The maximum atomic E-state index is 10.8. The molecule has 1 aromatic heterocycles. The number of hydrogen-bond acceptors (Lipinski definition) is 6. The number of nitrogens with one attached hydrogen (secondary N) is 1. The van der Waals surface area contributed by atoms with Gasteiger partial charge in [-0.25, -0.2) is 4.79 Å². The van der Waals surface area contributed by atoms with Crippen molar-refractivity contribution in [3.8, 4) is 5.69 Å². The van der Waals surface area contributed by atoms with Gasteiger partial charge in [-0.05, 0) is 22.6 Å². The number of aliphatic carboxylic acids is 1. The number of carboxylic acids is 1. The number of hydrogen-bond donors (Lipinski definition) is 2. The monoisotopic (exact) mass is 263 g/mol. The number of carbonyl (C=O) groups is 1. The summed E-state index contributed by atoms with van der Waals surface area (Å²) in [5.41, 5.74) is 0.777. The van der Waals surface area contributed by atoms with Gasteiger partial charge in [-0.1, -0.05) is 23.3 Å². The van der Waals surface area contributed by atoms with Gasteiger partial charge in [0, 0.05) is 7.11 Å². The Balaban J connectivity index is 2.11. The SMILES string of the molecule is COC(CNc1nnnn1-c1ccccc1)C(=O)O. The number of anilines is 1. The minimum Gasteiger partial charge on any atom is -0.479 e. The Kier molecular flexibility index (Phi) is 4.04. The Hall–Kier alpha value is -2.48. The molecule has 100 valence electrons. The van der Waals surface area contributed by atoms with Crippen LogP contribution >= 0.6 is 0 Å². The van der Waals surface area contributed by atoms with Crippen LogP contribution in [0.5, 0.6) is 0 Å². The third-order valence-corrected chi connectivity index (χ3v) is 2.48. The molecule has 0 radical (unpaired) electrons. The van der Waals surface area contributed by atoms with Gasteiger partial charge >= 0.3 is 5.97 Å². The average molecular weight is 263 g/mol. The Morgan fingerprint density at radius 1 is 1.47 bits per heavy atom. The third-order valence-electron chi connectivity index (χ3n) is 2.48. The summed E-state index contributed by atoms with van der Waals surface area (Å²) in [6, 6.07) is 9.28. The van der Waals surface area contributed by atoms with Crippen LogP contribution in [0.4, 0.5) is 5.95 Å². The first-order valence-corrected chi connectivity index (χ1v) is 5.55. The molecule has 2 rings (SSSR count). The number of tetrazole rings is 1. The van der Waals surface area contributed by atoms with Crippen molar-refractivity contribution in [1.29, 1.82) is 0 Å². The van der Waals surface area contributed by atoms with Crippen LogP contribution in [0.1, 0.15) is 0 Å². The highest BCUT2D eigenvalue weighted by Gasteiger charge is 2.17. The lowest BCUT2D eigenvalue weighted by Crippen LogP contribution is -2.31. The zero-order valence-electron chi connectivity index (χ0n) is 10.2. The molecule has 0 aliphatic heterocycles. The summed E-state index contributed by atoms with van der Waals surface area (Å²) in [7, 11) is 1.33. The summed E-state index contributed by atoms with van der Waals surface area (Å²) in [4.78, 5) is 10.8. The van der Waals surface area contributed by atoms with Crippen molar-refractivity contribution in [1.82, 2.24) is 20.2 Å². The number of para-hydroxylation sites is 1. The molecule has 8 heteroatoms. The normalized spacial score (nSPS) is 12.1. The van der Waals surface area contributed by atoms with Crippen LogP contribution < -0.4 is 5.32 Å². The van der Waals surface area contributed by atoms with E-state index in [0.29, 0.717) is 5.95 Å². The van der Waals surface area contributed by atoms with E-state index in [1.54, 1.807) is 0 Å². The second-order valence-corrected chi connectivity index (χ2v) is 3.69. The van der Waals surface area contributed by atoms with Gasteiger partial charge in [0.25, 0.3) is 0 Å². The molecule has 0 amide bonds. The Labute approximate surface area is 109 Å². The van der Waals surface area contributed by atoms with E-state index in [2.05, 4.69) is 20.8 Å². The van der Waals surface area contributed by atoms with Gasteiger partial charge in [0.2, 0.25) is 5.95 Å². The van der Waals surface area contributed by atoms with Crippen molar-refractivity contribution in [3.05, 3.63) is 30.3 Å². The molecule has 1 atom stereocenters. The molecule has 0 aliphatic rings. The van der Waals surface area contributed by atoms with E-state index in [-0.39, 0.29) is 6.54 Å². The quantitative estimate of drug-likeness (QED) is 0.766. The first-order chi connectivity index (χ1) is 9.22. The fraction of sp³-hybridized carbons (Fsp3) is 0.273. The van der Waals surface area contributed by atoms with E-state index in [9.17, 15) is 4.79 Å². The molecule has 0 saturated carbocycles. The Morgan fingerprint density at radius 3 is 2.84 bits per heavy atom. The summed E-state index contributed by atoms with van der Waals surface area (Å²) in [5.74, 6) is -0.691. The molecule has 0 saturated heterocycles. The molecular formula is C11H13N5O3. The van der Waals surface area contributed by atoms with Crippen molar-refractivity contribution >= 4 is 11.9 Å². The van der Waals surface area contributed by atoms with E-state index < -0.39 is 12.1 Å². The molecule has 0 aliphatic carbocycles. The van der Waals surface area contributed by atoms with Gasteiger partial charge in [-0.3, -0.25) is 0 Å². The van der Waals surface area contributed by atoms with Crippen molar-refractivity contribution in [3.63, 3.8) is 0 Å². The second-order valence-electron chi connectivity index (χ2n) is 3.69. The second kappa shape index (κ2) is 5.91. The summed E-state index contributed by atoms with van der Waals surface area (Å²) in [5, 5.41) is 22.9. The minimum absolute atomic E-state index is 0.0685. The summed E-state index contributed by atoms with van der Waals surface area (Å²) in [6.45, 7) is 0.0685. The number of methoxy groups -OCH3 is 1. The number of ether oxygens (including phenoxy) is 1. The van der Waals surface area contributed by atoms with Gasteiger partial charge in [0.15, 0.2) is 6.10 Å². The highest BCUT2D eigenvalue weighted by atomic mass is 16.5. The summed E-state index contributed by atoms with van der Waals surface area (Å²) in [6.07, 6.45) is -0.957. The van der Waals surface area contributed by atoms with Crippen LogP contribution in [0, 0.1) is 0 Å².